The van der Waals surface area contributed by atoms with Crippen LogP contribution in [0.3, 0.4) is 0 Å². The Balaban J connectivity index is 1.53. The van der Waals surface area contributed by atoms with Gasteiger partial charge in [-0.15, -0.1) is 5.10 Å². The van der Waals surface area contributed by atoms with Gasteiger partial charge in [0.05, 0.1) is 17.1 Å². The Bertz CT molecular complexity index is 1070. The van der Waals surface area contributed by atoms with E-state index in [4.69, 9.17) is 0 Å². The van der Waals surface area contributed by atoms with Crippen molar-refractivity contribution >= 4 is 10.0 Å². The highest BCUT2D eigenvalue weighted by Crippen LogP contribution is 2.28. The fraction of sp³-hybridized carbons (Fsp3) is 0.263. The van der Waals surface area contributed by atoms with Gasteiger partial charge in [-0.2, -0.15) is 4.31 Å². The molecule has 27 heavy (non-hydrogen) atoms. The van der Waals surface area contributed by atoms with Crippen LogP contribution in [0.5, 0.6) is 0 Å². The number of halogens is 1. The maximum atomic E-state index is 13.5. The summed E-state index contributed by atoms with van der Waals surface area (Å²) in [5.74, 6) is -0.413. The maximum Gasteiger partial charge on any atom is 0.243 e. The van der Waals surface area contributed by atoms with Crippen molar-refractivity contribution < 1.29 is 12.8 Å². The van der Waals surface area contributed by atoms with E-state index in [-0.39, 0.29) is 10.9 Å². The zero-order valence-corrected chi connectivity index (χ0v) is 15.6. The number of benzene rings is 2. The minimum Gasteiger partial charge on any atom is -0.247 e. The summed E-state index contributed by atoms with van der Waals surface area (Å²) in [6.07, 6.45) is 2.50. The Morgan fingerprint density at radius 1 is 1.15 bits per heavy atom. The highest BCUT2D eigenvalue weighted by atomic mass is 32.2. The number of aryl methyl sites for hydroxylation is 1. The average Bonchev–Trinajstić information content (AvgIpc) is 3.34. The molecule has 1 aliphatic heterocycles. The highest BCUT2D eigenvalue weighted by Gasteiger charge is 2.34. The number of rotatable bonds is 4. The first-order chi connectivity index (χ1) is 12.9. The second-order valence-electron chi connectivity index (χ2n) is 6.67. The third kappa shape index (κ3) is 3.38. The molecular formula is C19H19FN4O2S. The molecule has 8 heteroatoms. The second kappa shape index (κ2) is 6.86. The molecule has 1 aliphatic rings. The van der Waals surface area contributed by atoms with Gasteiger partial charge in [0, 0.05) is 18.7 Å². The van der Waals surface area contributed by atoms with Gasteiger partial charge in [-0.05, 0) is 37.1 Å². The van der Waals surface area contributed by atoms with E-state index < -0.39 is 15.8 Å². The van der Waals surface area contributed by atoms with Crippen LogP contribution < -0.4 is 0 Å². The topological polar surface area (TPSA) is 68.1 Å². The van der Waals surface area contributed by atoms with E-state index in [1.165, 1.54) is 22.5 Å². The SMILES string of the molecule is Cc1cc(S(=O)(=O)N2CCC(n3cc(-c4ccccc4)nn3)C2)ccc1F. The zero-order valence-electron chi connectivity index (χ0n) is 14.8. The van der Waals surface area contributed by atoms with Crippen LogP contribution in [0, 0.1) is 12.7 Å². The normalized spacial score (nSPS) is 18.1. The van der Waals surface area contributed by atoms with E-state index in [1.54, 1.807) is 11.6 Å². The largest absolute Gasteiger partial charge is 0.247 e. The summed E-state index contributed by atoms with van der Waals surface area (Å²) in [6, 6.07) is 13.5. The van der Waals surface area contributed by atoms with Crippen molar-refractivity contribution in [3.63, 3.8) is 0 Å². The summed E-state index contributed by atoms with van der Waals surface area (Å²) in [5.41, 5.74) is 2.04. The average molecular weight is 386 g/mol. The highest BCUT2D eigenvalue weighted by molar-refractivity contribution is 7.89. The lowest BCUT2D eigenvalue weighted by molar-refractivity contribution is 0.428. The lowest BCUT2D eigenvalue weighted by Gasteiger charge is -2.17. The van der Waals surface area contributed by atoms with Crippen molar-refractivity contribution in [1.82, 2.24) is 19.3 Å². The minimum absolute atomic E-state index is 0.0775. The Hall–Kier alpha value is -2.58. The van der Waals surface area contributed by atoms with E-state index in [2.05, 4.69) is 10.3 Å². The van der Waals surface area contributed by atoms with Crippen LogP contribution in [-0.2, 0) is 10.0 Å². The van der Waals surface area contributed by atoms with Crippen LogP contribution in [0.25, 0.3) is 11.3 Å². The van der Waals surface area contributed by atoms with Gasteiger partial charge in [-0.1, -0.05) is 35.5 Å². The molecule has 1 fully saturated rings. The Morgan fingerprint density at radius 2 is 1.93 bits per heavy atom. The molecule has 0 radical (unpaired) electrons. The van der Waals surface area contributed by atoms with Gasteiger partial charge in [0.1, 0.15) is 11.5 Å². The summed E-state index contributed by atoms with van der Waals surface area (Å²) < 4.78 is 42.3. The van der Waals surface area contributed by atoms with Gasteiger partial charge in [0.25, 0.3) is 0 Å². The molecule has 4 rings (SSSR count). The Kier molecular flexibility index (Phi) is 4.53. The lowest BCUT2D eigenvalue weighted by atomic mass is 10.2. The number of nitrogens with zero attached hydrogens (tertiary/aromatic N) is 4. The molecule has 0 aliphatic carbocycles. The molecule has 1 unspecified atom stereocenters. The third-order valence-corrected chi connectivity index (χ3v) is 6.71. The van der Waals surface area contributed by atoms with Crippen LogP contribution in [0.1, 0.15) is 18.0 Å². The number of aromatic nitrogens is 3. The van der Waals surface area contributed by atoms with Crippen molar-refractivity contribution in [2.75, 3.05) is 13.1 Å². The third-order valence-electron chi connectivity index (χ3n) is 4.85. The monoisotopic (exact) mass is 386 g/mol. The van der Waals surface area contributed by atoms with Gasteiger partial charge < -0.3 is 0 Å². The van der Waals surface area contributed by atoms with Gasteiger partial charge in [-0.3, -0.25) is 0 Å². The standard InChI is InChI=1S/C19H19FN4O2S/c1-14-11-17(7-8-18(14)20)27(25,26)23-10-9-16(12-23)24-13-19(21-22-24)15-5-3-2-4-6-15/h2-8,11,13,16H,9-10,12H2,1H3. The lowest BCUT2D eigenvalue weighted by Crippen LogP contribution is -2.29. The van der Waals surface area contributed by atoms with Crippen LogP contribution in [0.4, 0.5) is 4.39 Å². The zero-order chi connectivity index (χ0) is 19.0. The van der Waals surface area contributed by atoms with Gasteiger partial charge in [-0.25, -0.2) is 17.5 Å². The van der Waals surface area contributed by atoms with Gasteiger partial charge in [0.15, 0.2) is 0 Å². The number of hydrogen-bond acceptors (Lipinski definition) is 4. The smallest absolute Gasteiger partial charge is 0.243 e. The molecule has 2 aromatic carbocycles. The molecule has 0 bridgehead atoms. The Labute approximate surface area is 157 Å². The number of hydrogen-bond donors (Lipinski definition) is 0. The predicted molar refractivity (Wildman–Crippen MR) is 99.0 cm³/mol. The van der Waals surface area contributed by atoms with Crippen LogP contribution in [0.15, 0.2) is 59.6 Å². The maximum absolute atomic E-state index is 13.5. The summed E-state index contributed by atoms with van der Waals surface area (Å²) in [6.45, 7) is 2.27. The first-order valence-electron chi connectivity index (χ1n) is 8.69. The first-order valence-corrected chi connectivity index (χ1v) is 10.1. The molecule has 2 heterocycles. The fourth-order valence-corrected chi connectivity index (χ4v) is 4.85. The summed E-state index contributed by atoms with van der Waals surface area (Å²) in [7, 11) is -3.66. The molecule has 0 saturated carbocycles. The molecule has 6 nitrogen and oxygen atoms in total. The van der Waals surface area contributed by atoms with Gasteiger partial charge in [0.2, 0.25) is 10.0 Å². The quantitative estimate of drug-likeness (QED) is 0.691. The van der Waals surface area contributed by atoms with E-state index in [9.17, 15) is 12.8 Å². The molecule has 1 aromatic heterocycles. The fourth-order valence-electron chi connectivity index (χ4n) is 3.27. The van der Waals surface area contributed by atoms with Crippen molar-refractivity contribution in [2.45, 2.75) is 24.3 Å². The Morgan fingerprint density at radius 3 is 2.67 bits per heavy atom. The van der Waals surface area contributed by atoms with Crippen LogP contribution >= 0.6 is 0 Å². The second-order valence-corrected chi connectivity index (χ2v) is 8.60. The summed E-state index contributed by atoms with van der Waals surface area (Å²) >= 11 is 0. The molecule has 0 amide bonds. The van der Waals surface area contributed by atoms with Crippen LogP contribution in [-0.4, -0.2) is 40.8 Å². The first kappa shape index (κ1) is 17.8. The molecule has 1 atom stereocenters. The summed E-state index contributed by atoms with van der Waals surface area (Å²) in [4.78, 5) is 0.116. The van der Waals surface area contributed by atoms with Crippen molar-refractivity contribution in [1.29, 1.82) is 0 Å². The van der Waals surface area contributed by atoms with E-state index in [1.807, 2.05) is 36.5 Å². The van der Waals surface area contributed by atoms with Gasteiger partial charge >= 0.3 is 0 Å². The minimum atomic E-state index is -3.66. The summed E-state index contributed by atoms with van der Waals surface area (Å²) in [5, 5.41) is 8.39. The number of sulfonamides is 1. The van der Waals surface area contributed by atoms with Crippen molar-refractivity contribution in [2.24, 2.45) is 0 Å². The molecule has 140 valence electrons. The van der Waals surface area contributed by atoms with E-state index in [0.29, 0.717) is 25.1 Å². The molecular weight excluding hydrogens is 367 g/mol. The predicted octanol–water partition coefficient (Wildman–Crippen LogP) is 3.03. The van der Waals surface area contributed by atoms with E-state index >= 15 is 0 Å². The van der Waals surface area contributed by atoms with Crippen LogP contribution in [0.2, 0.25) is 0 Å². The van der Waals surface area contributed by atoms with E-state index in [0.717, 1.165) is 11.3 Å². The van der Waals surface area contributed by atoms with Crippen molar-refractivity contribution in [3.05, 3.63) is 66.1 Å². The molecule has 0 spiro atoms. The molecule has 3 aromatic rings. The van der Waals surface area contributed by atoms with Crippen molar-refractivity contribution in [3.8, 4) is 11.3 Å². The molecule has 1 saturated heterocycles. The molecule has 0 N–H and O–H groups in total.